The number of carbonyl (C=O) groups excluding carboxylic acids is 2. The second-order valence-electron chi connectivity index (χ2n) is 7.64. The second kappa shape index (κ2) is 5.98. The molecule has 1 saturated carbocycles. The summed E-state index contributed by atoms with van der Waals surface area (Å²) in [6.07, 6.45) is 3.36. The molecule has 1 saturated heterocycles. The van der Waals surface area contributed by atoms with Gasteiger partial charge < -0.3 is 9.47 Å². The summed E-state index contributed by atoms with van der Waals surface area (Å²) < 4.78 is 11.1. The van der Waals surface area contributed by atoms with E-state index in [1.165, 1.54) is 6.42 Å². The predicted molar refractivity (Wildman–Crippen MR) is 79.5 cm³/mol. The van der Waals surface area contributed by atoms with Crippen LogP contribution < -0.4 is 0 Å². The van der Waals surface area contributed by atoms with Crippen LogP contribution >= 0.6 is 0 Å². The zero-order valence-corrected chi connectivity index (χ0v) is 13.8. The molecule has 4 nitrogen and oxygen atoms in total. The molecule has 0 aromatic rings. The van der Waals surface area contributed by atoms with Gasteiger partial charge in [-0.1, -0.05) is 27.2 Å². The number of esters is 2. The minimum Gasteiger partial charge on any atom is -0.462 e. The number of ether oxygens (including phenoxy) is 2. The Morgan fingerprint density at radius 3 is 2.52 bits per heavy atom. The van der Waals surface area contributed by atoms with Crippen molar-refractivity contribution < 1.29 is 19.1 Å². The molecular weight excluding hydrogens is 268 g/mol. The van der Waals surface area contributed by atoms with E-state index in [1.807, 2.05) is 0 Å². The van der Waals surface area contributed by atoms with E-state index in [1.54, 1.807) is 13.8 Å². The fourth-order valence-electron chi connectivity index (χ4n) is 3.67. The lowest BCUT2D eigenvalue weighted by Crippen LogP contribution is -2.40. The highest BCUT2D eigenvalue weighted by molar-refractivity contribution is 5.84. The average molecular weight is 296 g/mol. The Morgan fingerprint density at radius 1 is 1.33 bits per heavy atom. The first kappa shape index (κ1) is 16.3. The van der Waals surface area contributed by atoms with E-state index in [9.17, 15) is 9.59 Å². The van der Waals surface area contributed by atoms with Crippen molar-refractivity contribution in [1.82, 2.24) is 0 Å². The molecule has 0 aromatic carbocycles. The van der Waals surface area contributed by atoms with Crippen molar-refractivity contribution in [1.29, 1.82) is 0 Å². The number of hydrogen-bond acceptors (Lipinski definition) is 4. The Bertz CT molecular complexity index is 413. The highest BCUT2D eigenvalue weighted by atomic mass is 16.6. The van der Waals surface area contributed by atoms with Crippen LogP contribution in [0.1, 0.15) is 60.3 Å². The Labute approximate surface area is 127 Å². The van der Waals surface area contributed by atoms with Crippen molar-refractivity contribution in [2.45, 2.75) is 72.0 Å². The summed E-state index contributed by atoms with van der Waals surface area (Å²) >= 11 is 0. The minimum absolute atomic E-state index is 0.0206. The molecule has 21 heavy (non-hydrogen) atoms. The molecule has 2 rings (SSSR count). The zero-order chi connectivity index (χ0) is 15.8. The van der Waals surface area contributed by atoms with Gasteiger partial charge in [0.15, 0.2) is 0 Å². The predicted octanol–water partition coefficient (Wildman–Crippen LogP) is 3.33. The smallest absolute Gasteiger partial charge is 0.313 e. The van der Waals surface area contributed by atoms with E-state index >= 15 is 0 Å². The van der Waals surface area contributed by atoms with Crippen LogP contribution in [0.5, 0.6) is 0 Å². The number of rotatable bonds is 3. The summed E-state index contributed by atoms with van der Waals surface area (Å²) in [5, 5.41) is 0. The fraction of sp³-hybridized carbons (Fsp3) is 0.882. The summed E-state index contributed by atoms with van der Waals surface area (Å²) in [6.45, 7) is 10.2. The Kier molecular flexibility index (Phi) is 4.64. The van der Waals surface area contributed by atoms with Gasteiger partial charge in [-0.15, -0.1) is 0 Å². The maximum Gasteiger partial charge on any atom is 0.313 e. The standard InChI is InChI=1S/C17H28O4/c1-10(2)12-7-6-11(3)8-14(12)20-16(19)13-9-15(18)21-17(13,4)5/h10-14H,6-9H2,1-5H3/t11-,12+,13?,14-/m1/s1. The molecule has 2 aliphatic rings. The summed E-state index contributed by atoms with van der Waals surface area (Å²) in [4.78, 5) is 24.0. The van der Waals surface area contributed by atoms with Crippen LogP contribution in [0.25, 0.3) is 0 Å². The van der Waals surface area contributed by atoms with Crippen LogP contribution in [0.4, 0.5) is 0 Å². The zero-order valence-electron chi connectivity index (χ0n) is 13.8. The third kappa shape index (κ3) is 3.58. The lowest BCUT2D eigenvalue weighted by Gasteiger charge is -2.37. The molecular formula is C17H28O4. The van der Waals surface area contributed by atoms with Crippen molar-refractivity contribution >= 4 is 11.9 Å². The van der Waals surface area contributed by atoms with Crippen LogP contribution in [0.15, 0.2) is 0 Å². The van der Waals surface area contributed by atoms with Crippen LogP contribution in [-0.2, 0) is 19.1 Å². The Morgan fingerprint density at radius 2 is 2.00 bits per heavy atom. The third-order valence-corrected chi connectivity index (χ3v) is 5.10. The molecule has 1 aliphatic carbocycles. The number of cyclic esters (lactones) is 1. The van der Waals surface area contributed by atoms with E-state index in [4.69, 9.17) is 9.47 Å². The van der Waals surface area contributed by atoms with Crippen LogP contribution in [0.3, 0.4) is 0 Å². The largest absolute Gasteiger partial charge is 0.462 e. The highest BCUT2D eigenvalue weighted by Gasteiger charge is 2.48. The topological polar surface area (TPSA) is 52.6 Å². The van der Waals surface area contributed by atoms with E-state index in [2.05, 4.69) is 20.8 Å². The molecule has 4 atom stereocenters. The molecule has 0 amide bonds. The number of hydrogen-bond donors (Lipinski definition) is 0. The summed E-state index contributed by atoms with van der Waals surface area (Å²) in [7, 11) is 0. The summed E-state index contributed by atoms with van der Waals surface area (Å²) in [5.74, 6) is 0.466. The molecule has 1 heterocycles. The molecule has 1 unspecified atom stereocenters. The molecule has 2 fully saturated rings. The van der Waals surface area contributed by atoms with Crippen molar-refractivity contribution in [3.8, 4) is 0 Å². The van der Waals surface area contributed by atoms with Crippen molar-refractivity contribution in [3.05, 3.63) is 0 Å². The maximum absolute atomic E-state index is 12.5. The Hall–Kier alpha value is -1.06. The normalized spacial score (nSPS) is 35.6. The van der Waals surface area contributed by atoms with Crippen LogP contribution in [-0.4, -0.2) is 23.6 Å². The molecule has 120 valence electrons. The van der Waals surface area contributed by atoms with Gasteiger partial charge in [0, 0.05) is 0 Å². The first-order valence-corrected chi connectivity index (χ1v) is 8.13. The van der Waals surface area contributed by atoms with E-state index in [0.29, 0.717) is 17.8 Å². The van der Waals surface area contributed by atoms with E-state index < -0.39 is 11.5 Å². The molecule has 0 radical (unpaired) electrons. The second-order valence-corrected chi connectivity index (χ2v) is 7.64. The average Bonchev–Trinajstić information content (AvgIpc) is 2.62. The van der Waals surface area contributed by atoms with Crippen LogP contribution in [0, 0.1) is 23.7 Å². The van der Waals surface area contributed by atoms with Crippen molar-refractivity contribution in [2.75, 3.05) is 0 Å². The van der Waals surface area contributed by atoms with Gasteiger partial charge in [-0.3, -0.25) is 9.59 Å². The molecule has 0 bridgehead atoms. The molecule has 1 aliphatic heterocycles. The van der Waals surface area contributed by atoms with Crippen LogP contribution in [0.2, 0.25) is 0 Å². The summed E-state index contributed by atoms with van der Waals surface area (Å²) in [6, 6.07) is 0. The van der Waals surface area contributed by atoms with Crippen molar-refractivity contribution in [3.63, 3.8) is 0 Å². The SMILES string of the molecule is CC(C)[C@@H]1CC[C@@H](C)C[C@H]1OC(=O)C1CC(=O)OC1(C)C. The first-order chi connectivity index (χ1) is 9.70. The monoisotopic (exact) mass is 296 g/mol. The van der Waals surface area contributed by atoms with Gasteiger partial charge in [0.25, 0.3) is 0 Å². The molecule has 0 N–H and O–H groups in total. The first-order valence-electron chi connectivity index (χ1n) is 8.13. The highest BCUT2D eigenvalue weighted by Crippen LogP contribution is 2.38. The van der Waals surface area contributed by atoms with Gasteiger partial charge in [0.2, 0.25) is 0 Å². The lowest BCUT2D eigenvalue weighted by atomic mass is 9.75. The third-order valence-electron chi connectivity index (χ3n) is 5.10. The molecule has 4 heteroatoms. The van der Waals surface area contributed by atoms with E-state index in [-0.39, 0.29) is 24.5 Å². The van der Waals surface area contributed by atoms with Gasteiger partial charge in [0.05, 0.1) is 6.42 Å². The maximum atomic E-state index is 12.5. The van der Waals surface area contributed by atoms with Gasteiger partial charge in [-0.25, -0.2) is 0 Å². The Balaban J connectivity index is 2.05. The van der Waals surface area contributed by atoms with Gasteiger partial charge in [0.1, 0.15) is 17.6 Å². The fourth-order valence-corrected chi connectivity index (χ4v) is 3.67. The van der Waals surface area contributed by atoms with Crippen molar-refractivity contribution in [2.24, 2.45) is 23.7 Å². The molecule has 0 aromatic heterocycles. The van der Waals surface area contributed by atoms with Gasteiger partial charge >= 0.3 is 11.9 Å². The lowest BCUT2D eigenvalue weighted by molar-refractivity contribution is -0.166. The minimum atomic E-state index is -0.748. The van der Waals surface area contributed by atoms with Gasteiger partial charge in [-0.05, 0) is 44.4 Å². The number of carbonyl (C=O) groups is 2. The quantitative estimate of drug-likeness (QED) is 0.750. The summed E-state index contributed by atoms with van der Waals surface area (Å²) in [5.41, 5.74) is -0.748. The molecule has 0 spiro atoms. The van der Waals surface area contributed by atoms with Gasteiger partial charge in [-0.2, -0.15) is 0 Å². The van der Waals surface area contributed by atoms with E-state index in [0.717, 1.165) is 12.8 Å².